The van der Waals surface area contributed by atoms with E-state index in [1.807, 2.05) is 44.2 Å². The summed E-state index contributed by atoms with van der Waals surface area (Å²) < 4.78 is 17.2. The van der Waals surface area contributed by atoms with Gasteiger partial charge in [0.15, 0.2) is 11.5 Å². The topological polar surface area (TPSA) is 94.2 Å². The number of ether oxygens (including phenoxy) is 3. The van der Waals surface area contributed by atoms with Crippen LogP contribution in [0.1, 0.15) is 29.2 Å². The third-order valence-electron chi connectivity index (χ3n) is 6.16. The average molecular weight is 573 g/mol. The Morgan fingerprint density at radius 2 is 1.78 bits per heavy atom. The molecule has 3 aromatic carbocycles. The summed E-state index contributed by atoms with van der Waals surface area (Å²) in [5.41, 5.74) is 4.21. The molecular formula is C32H32N2O6S. The Bertz CT molecular complexity index is 1460. The number of methoxy groups -OCH3 is 1. The third kappa shape index (κ3) is 7.58. The van der Waals surface area contributed by atoms with Gasteiger partial charge in [0, 0.05) is 11.3 Å². The maximum Gasteiger partial charge on any atom is 0.294 e. The fourth-order valence-electron chi connectivity index (χ4n) is 4.16. The number of imide groups is 1. The molecule has 1 N–H and O–H groups in total. The van der Waals surface area contributed by atoms with Crippen molar-refractivity contribution in [3.05, 3.63) is 100 Å². The lowest BCUT2D eigenvalue weighted by atomic mass is 10.0. The highest BCUT2D eigenvalue weighted by molar-refractivity contribution is 8.18. The van der Waals surface area contributed by atoms with E-state index in [1.165, 1.54) is 5.56 Å². The van der Waals surface area contributed by atoms with E-state index in [9.17, 15) is 14.4 Å². The highest BCUT2D eigenvalue weighted by atomic mass is 32.2. The van der Waals surface area contributed by atoms with E-state index in [4.69, 9.17) is 14.2 Å². The fourth-order valence-corrected chi connectivity index (χ4v) is 5.00. The van der Waals surface area contributed by atoms with Crippen molar-refractivity contribution in [2.75, 3.05) is 25.6 Å². The number of anilines is 1. The van der Waals surface area contributed by atoms with E-state index >= 15 is 0 Å². The molecular weight excluding hydrogens is 540 g/mol. The maximum atomic E-state index is 13.1. The van der Waals surface area contributed by atoms with Crippen LogP contribution in [0.25, 0.3) is 6.08 Å². The lowest BCUT2D eigenvalue weighted by Gasteiger charge is -2.16. The minimum Gasteiger partial charge on any atom is -0.494 e. The van der Waals surface area contributed by atoms with Crippen LogP contribution in [0.3, 0.4) is 0 Å². The van der Waals surface area contributed by atoms with Crippen molar-refractivity contribution in [3.8, 4) is 17.2 Å². The molecule has 3 amide bonds. The summed E-state index contributed by atoms with van der Waals surface area (Å²) in [6.45, 7) is 8.26. The minimum absolute atomic E-state index is 0.212. The number of hydrogen-bond donors (Lipinski definition) is 1. The standard InChI is InChI=1S/C32H32N2O6S/c1-5-7-24-16-23(17-27(38-4)30(24)40-20-22-10-8-21(3)9-11-22)18-28-31(36)34(32(37)41-28)19-29(35)33-25-12-14-26(15-13-25)39-6-2/h5,8-18H,1,6-7,19-20H2,2-4H3,(H,33,35)/b28-18+. The number of thioether (sulfide) groups is 1. The van der Waals surface area contributed by atoms with Crippen molar-refractivity contribution >= 4 is 40.6 Å². The monoisotopic (exact) mass is 572 g/mol. The van der Waals surface area contributed by atoms with Crippen molar-refractivity contribution in [2.24, 2.45) is 0 Å². The average Bonchev–Trinajstić information content (AvgIpc) is 3.21. The largest absolute Gasteiger partial charge is 0.494 e. The van der Waals surface area contributed by atoms with Crippen LogP contribution >= 0.6 is 11.8 Å². The van der Waals surface area contributed by atoms with Gasteiger partial charge in [-0.05, 0) is 85.6 Å². The number of rotatable bonds is 12. The number of nitrogens with zero attached hydrogens (tertiary/aromatic N) is 1. The summed E-state index contributed by atoms with van der Waals surface area (Å²) >= 11 is 0.788. The molecule has 3 aromatic rings. The highest BCUT2D eigenvalue weighted by Gasteiger charge is 2.36. The Labute approximate surface area is 244 Å². The van der Waals surface area contributed by atoms with E-state index in [1.54, 1.807) is 49.6 Å². The molecule has 1 heterocycles. The fraction of sp³-hybridized carbons (Fsp3) is 0.219. The van der Waals surface area contributed by atoms with Gasteiger partial charge >= 0.3 is 0 Å². The number of carbonyl (C=O) groups is 3. The van der Waals surface area contributed by atoms with Crippen molar-refractivity contribution in [2.45, 2.75) is 26.9 Å². The molecule has 1 saturated heterocycles. The zero-order valence-corrected chi connectivity index (χ0v) is 24.1. The molecule has 1 aliphatic rings. The molecule has 41 heavy (non-hydrogen) atoms. The number of amides is 3. The summed E-state index contributed by atoms with van der Waals surface area (Å²) in [5, 5.41) is 2.19. The third-order valence-corrected chi connectivity index (χ3v) is 7.07. The van der Waals surface area contributed by atoms with E-state index in [-0.39, 0.29) is 4.91 Å². The van der Waals surface area contributed by atoms with Gasteiger partial charge in [-0.2, -0.15) is 0 Å². The van der Waals surface area contributed by atoms with Gasteiger partial charge in [0.2, 0.25) is 5.91 Å². The Morgan fingerprint density at radius 3 is 2.44 bits per heavy atom. The van der Waals surface area contributed by atoms with Crippen molar-refractivity contribution in [3.63, 3.8) is 0 Å². The van der Waals surface area contributed by atoms with Gasteiger partial charge in [0.25, 0.3) is 11.1 Å². The van der Waals surface area contributed by atoms with E-state index in [2.05, 4.69) is 11.9 Å². The summed E-state index contributed by atoms with van der Waals surface area (Å²) in [5.74, 6) is 0.745. The Balaban J connectivity index is 1.48. The Morgan fingerprint density at radius 1 is 1.05 bits per heavy atom. The van der Waals surface area contributed by atoms with Crippen LogP contribution < -0.4 is 19.5 Å². The van der Waals surface area contributed by atoms with Gasteiger partial charge in [-0.1, -0.05) is 35.9 Å². The quantitative estimate of drug-likeness (QED) is 0.199. The number of benzene rings is 3. The van der Waals surface area contributed by atoms with Crippen molar-refractivity contribution in [1.82, 2.24) is 4.90 Å². The molecule has 0 saturated carbocycles. The number of allylic oxidation sites excluding steroid dienone is 1. The lowest BCUT2D eigenvalue weighted by Crippen LogP contribution is -2.36. The first-order valence-corrected chi connectivity index (χ1v) is 13.9. The summed E-state index contributed by atoms with van der Waals surface area (Å²) in [6.07, 6.45) is 3.89. The molecule has 1 aliphatic heterocycles. The molecule has 0 spiro atoms. The van der Waals surface area contributed by atoms with Gasteiger partial charge in [-0.15, -0.1) is 6.58 Å². The highest BCUT2D eigenvalue weighted by Crippen LogP contribution is 2.37. The second kappa shape index (κ2) is 13.7. The second-order valence-electron chi connectivity index (χ2n) is 9.25. The molecule has 0 bridgehead atoms. The van der Waals surface area contributed by atoms with Crippen molar-refractivity contribution < 1.29 is 28.6 Å². The zero-order chi connectivity index (χ0) is 29.4. The normalized spacial score (nSPS) is 13.8. The van der Waals surface area contributed by atoms with Gasteiger partial charge in [0.05, 0.1) is 18.6 Å². The van der Waals surface area contributed by atoms with Crippen molar-refractivity contribution in [1.29, 1.82) is 0 Å². The van der Waals surface area contributed by atoms with Crippen LogP contribution in [-0.2, 0) is 22.6 Å². The molecule has 0 aliphatic carbocycles. The molecule has 4 rings (SSSR count). The van der Waals surface area contributed by atoms with Crippen LogP contribution in [0, 0.1) is 6.92 Å². The van der Waals surface area contributed by atoms with Crippen LogP contribution in [0.15, 0.2) is 78.2 Å². The number of hydrogen-bond acceptors (Lipinski definition) is 7. The molecule has 0 atom stereocenters. The second-order valence-corrected chi connectivity index (χ2v) is 10.2. The van der Waals surface area contributed by atoms with Crippen LogP contribution in [0.5, 0.6) is 17.2 Å². The molecule has 9 heteroatoms. The molecule has 1 fully saturated rings. The number of carbonyl (C=O) groups excluding carboxylic acids is 3. The lowest BCUT2D eigenvalue weighted by molar-refractivity contribution is -0.127. The first-order valence-electron chi connectivity index (χ1n) is 13.1. The Hall–Kier alpha value is -4.50. The van der Waals surface area contributed by atoms with Gasteiger partial charge in [0.1, 0.15) is 18.9 Å². The van der Waals surface area contributed by atoms with Crippen LogP contribution in [0.4, 0.5) is 10.5 Å². The Kier molecular flexibility index (Phi) is 9.86. The number of aryl methyl sites for hydroxylation is 1. The molecule has 0 unspecified atom stereocenters. The van der Waals surface area contributed by atoms with E-state index in [0.717, 1.165) is 27.8 Å². The SMILES string of the molecule is C=CCc1cc(/C=C2/SC(=O)N(CC(=O)Nc3ccc(OCC)cc3)C2=O)cc(OC)c1OCc1ccc(C)cc1. The van der Waals surface area contributed by atoms with Crippen LogP contribution in [0.2, 0.25) is 0 Å². The summed E-state index contributed by atoms with van der Waals surface area (Å²) in [7, 11) is 1.55. The molecule has 0 aromatic heterocycles. The van der Waals surface area contributed by atoms with Crippen LogP contribution in [-0.4, -0.2) is 42.2 Å². The summed E-state index contributed by atoms with van der Waals surface area (Å²) in [4.78, 5) is 39.5. The van der Waals surface area contributed by atoms with E-state index < -0.39 is 23.6 Å². The minimum atomic E-state index is -0.536. The summed E-state index contributed by atoms with van der Waals surface area (Å²) in [6, 6.07) is 18.6. The molecule has 8 nitrogen and oxygen atoms in total. The maximum absolute atomic E-state index is 13.1. The van der Waals surface area contributed by atoms with Gasteiger partial charge in [-0.25, -0.2) is 0 Å². The van der Waals surface area contributed by atoms with E-state index in [0.29, 0.717) is 48.1 Å². The smallest absolute Gasteiger partial charge is 0.294 e. The first kappa shape index (κ1) is 29.5. The zero-order valence-electron chi connectivity index (χ0n) is 23.3. The molecule has 0 radical (unpaired) electrons. The predicted octanol–water partition coefficient (Wildman–Crippen LogP) is 6.38. The predicted molar refractivity (Wildman–Crippen MR) is 161 cm³/mol. The first-order chi connectivity index (χ1) is 19.8. The number of nitrogens with one attached hydrogen (secondary N) is 1. The van der Waals surface area contributed by atoms with Gasteiger partial charge in [-0.3, -0.25) is 19.3 Å². The van der Waals surface area contributed by atoms with Gasteiger partial charge < -0.3 is 19.5 Å². The molecule has 212 valence electrons.